The zero-order valence-electron chi connectivity index (χ0n) is 10.9. The van der Waals surface area contributed by atoms with Gasteiger partial charge in [-0.3, -0.25) is 4.79 Å². The number of nitrogens with zero attached hydrogens (tertiary/aromatic N) is 2. The third-order valence-electron chi connectivity index (χ3n) is 4.03. The third kappa shape index (κ3) is 1.91. The van der Waals surface area contributed by atoms with Crippen LogP contribution in [0.2, 0.25) is 0 Å². The molecule has 4 nitrogen and oxygen atoms in total. The lowest BCUT2D eigenvalue weighted by molar-refractivity contribution is 0.0951. The van der Waals surface area contributed by atoms with Crippen molar-refractivity contribution in [2.75, 3.05) is 0 Å². The van der Waals surface area contributed by atoms with Gasteiger partial charge in [-0.15, -0.1) is 0 Å². The quantitative estimate of drug-likeness (QED) is 0.894. The Kier molecular flexibility index (Phi) is 2.37. The number of carbonyl (C=O) groups excluding carboxylic acids is 1. The first-order chi connectivity index (χ1) is 9.31. The van der Waals surface area contributed by atoms with Gasteiger partial charge in [0.15, 0.2) is 0 Å². The van der Waals surface area contributed by atoms with E-state index in [4.69, 9.17) is 0 Å². The van der Waals surface area contributed by atoms with Crippen LogP contribution in [0.25, 0.3) is 11.0 Å². The van der Waals surface area contributed by atoms with Crippen LogP contribution in [0.1, 0.15) is 41.9 Å². The van der Waals surface area contributed by atoms with Gasteiger partial charge in [-0.25, -0.2) is 4.98 Å². The Morgan fingerprint density at radius 2 is 2.21 bits per heavy atom. The number of hydrogen-bond donors (Lipinski definition) is 1. The van der Waals surface area contributed by atoms with Crippen LogP contribution >= 0.6 is 0 Å². The molecule has 1 saturated carbocycles. The third-order valence-corrected chi connectivity index (χ3v) is 4.03. The highest BCUT2D eigenvalue weighted by atomic mass is 16.1. The normalized spacial score (nSPS) is 18.3. The fraction of sp³-hybridized carbons (Fsp3) is 0.467. The predicted octanol–water partition coefficient (Wildman–Crippen LogP) is 2.26. The maximum absolute atomic E-state index is 12.0. The van der Waals surface area contributed by atoms with E-state index in [2.05, 4.69) is 14.9 Å². The van der Waals surface area contributed by atoms with E-state index >= 15 is 0 Å². The Morgan fingerprint density at radius 1 is 1.32 bits per heavy atom. The van der Waals surface area contributed by atoms with E-state index in [-0.39, 0.29) is 5.91 Å². The number of fused-ring (bicyclic) bond motifs is 3. The standard InChI is InChI=1S/C15H17N3O/c19-15(16-11-5-6-11)10-4-7-13-12(9-10)17-14-3-1-2-8-18(13)14/h4,7,9,11H,1-3,5-6,8H2,(H,16,19). The summed E-state index contributed by atoms with van der Waals surface area (Å²) in [5.41, 5.74) is 2.85. The molecule has 0 atom stereocenters. The molecular weight excluding hydrogens is 238 g/mol. The Hall–Kier alpha value is -1.84. The number of hydrogen-bond acceptors (Lipinski definition) is 2. The summed E-state index contributed by atoms with van der Waals surface area (Å²) in [4.78, 5) is 16.7. The molecule has 19 heavy (non-hydrogen) atoms. The minimum absolute atomic E-state index is 0.0374. The molecule has 2 aliphatic rings. The lowest BCUT2D eigenvalue weighted by Gasteiger charge is -2.13. The molecule has 2 aromatic rings. The molecule has 1 aliphatic heterocycles. The molecule has 1 N–H and O–H groups in total. The lowest BCUT2D eigenvalue weighted by Crippen LogP contribution is -2.25. The molecule has 0 radical (unpaired) electrons. The first kappa shape index (κ1) is 11.0. The van der Waals surface area contributed by atoms with Crippen molar-refractivity contribution in [3.63, 3.8) is 0 Å². The van der Waals surface area contributed by atoms with Gasteiger partial charge in [-0.1, -0.05) is 0 Å². The first-order valence-electron chi connectivity index (χ1n) is 7.11. The summed E-state index contributed by atoms with van der Waals surface area (Å²) in [7, 11) is 0. The van der Waals surface area contributed by atoms with Crippen molar-refractivity contribution in [2.45, 2.75) is 44.7 Å². The molecule has 4 heteroatoms. The van der Waals surface area contributed by atoms with Gasteiger partial charge in [0.05, 0.1) is 11.0 Å². The van der Waals surface area contributed by atoms with E-state index in [0.29, 0.717) is 6.04 Å². The van der Waals surface area contributed by atoms with Crippen molar-refractivity contribution >= 4 is 16.9 Å². The van der Waals surface area contributed by atoms with Gasteiger partial charge in [0.2, 0.25) is 0 Å². The minimum Gasteiger partial charge on any atom is -0.349 e. The summed E-state index contributed by atoms with van der Waals surface area (Å²) < 4.78 is 2.29. The molecule has 0 spiro atoms. The molecule has 4 rings (SSSR count). The Labute approximate surface area is 111 Å². The van der Waals surface area contributed by atoms with E-state index in [1.807, 2.05) is 18.2 Å². The summed E-state index contributed by atoms with van der Waals surface area (Å²) in [6, 6.07) is 6.29. The number of amides is 1. The van der Waals surface area contributed by atoms with E-state index in [1.165, 1.54) is 18.7 Å². The Bertz CT molecular complexity index is 655. The highest BCUT2D eigenvalue weighted by molar-refractivity contribution is 5.97. The molecule has 98 valence electrons. The minimum atomic E-state index is 0.0374. The van der Waals surface area contributed by atoms with Gasteiger partial charge in [0.25, 0.3) is 5.91 Å². The zero-order valence-corrected chi connectivity index (χ0v) is 10.9. The second-order valence-corrected chi connectivity index (χ2v) is 5.59. The number of benzene rings is 1. The van der Waals surface area contributed by atoms with E-state index in [9.17, 15) is 4.79 Å². The predicted molar refractivity (Wildman–Crippen MR) is 73.2 cm³/mol. The van der Waals surface area contributed by atoms with Crippen LogP contribution in [0.5, 0.6) is 0 Å². The van der Waals surface area contributed by atoms with Crippen molar-refractivity contribution in [1.82, 2.24) is 14.9 Å². The second-order valence-electron chi connectivity index (χ2n) is 5.59. The summed E-state index contributed by atoms with van der Waals surface area (Å²) in [6.07, 6.45) is 5.73. The topological polar surface area (TPSA) is 46.9 Å². The number of imidazole rings is 1. The smallest absolute Gasteiger partial charge is 0.251 e. The molecule has 1 amide bonds. The molecule has 2 heterocycles. The number of aryl methyl sites for hydroxylation is 2. The van der Waals surface area contributed by atoms with E-state index in [0.717, 1.165) is 42.4 Å². The number of carbonyl (C=O) groups is 1. The van der Waals surface area contributed by atoms with Gasteiger partial charge in [0, 0.05) is 24.6 Å². The first-order valence-corrected chi connectivity index (χ1v) is 7.11. The van der Waals surface area contributed by atoms with Gasteiger partial charge >= 0.3 is 0 Å². The van der Waals surface area contributed by atoms with Crippen LogP contribution in [-0.2, 0) is 13.0 Å². The molecular formula is C15H17N3O. The van der Waals surface area contributed by atoms with Crippen molar-refractivity contribution in [3.8, 4) is 0 Å². The highest BCUT2D eigenvalue weighted by Crippen LogP contribution is 2.24. The van der Waals surface area contributed by atoms with Gasteiger partial charge in [-0.2, -0.15) is 0 Å². The summed E-state index contributed by atoms with van der Waals surface area (Å²) in [6.45, 7) is 1.06. The SMILES string of the molecule is O=C(NC1CC1)c1ccc2c(c1)nc1n2CCCC1. The fourth-order valence-electron chi connectivity index (χ4n) is 2.81. The molecule has 1 aromatic carbocycles. The van der Waals surface area contributed by atoms with Crippen LogP contribution in [0.4, 0.5) is 0 Å². The van der Waals surface area contributed by atoms with Crippen molar-refractivity contribution in [2.24, 2.45) is 0 Å². The average Bonchev–Trinajstić information content (AvgIpc) is 3.16. The summed E-state index contributed by atoms with van der Waals surface area (Å²) in [5.74, 6) is 1.20. The van der Waals surface area contributed by atoms with Crippen molar-refractivity contribution < 1.29 is 4.79 Å². The molecule has 1 aliphatic carbocycles. The highest BCUT2D eigenvalue weighted by Gasteiger charge is 2.24. The summed E-state index contributed by atoms with van der Waals surface area (Å²) in [5, 5.41) is 3.02. The molecule has 0 saturated heterocycles. The van der Waals surface area contributed by atoms with Gasteiger partial charge in [0.1, 0.15) is 5.82 Å². The number of aromatic nitrogens is 2. The van der Waals surface area contributed by atoms with Crippen molar-refractivity contribution in [3.05, 3.63) is 29.6 Å². The molecule has 0 bridgehead atoms. The zero-order chi connectivity index (χ0) is 12.8. The largest absolute Gasteiger partial charge is 0.349 e. The lowest BCUT2D eigenvalue weighted by atomic mass is 10.1. The van der Waals surface area contributed by atoms with E-state index in [1.54, 1.807) is 0 Å². The van der Waals surface area contributed by atoms with Gasteiger partial charge < -0.3 is 9.88 Å². The van der Waals surface area contributed by atoms with Crippen LogP contribution in [0.15, 0.2) is 18.2 Å². The molecule has 1 fully saturated rings. The number of rotatable bonds is 2. The van der Waals surface area contributed by atoms with Crippen molar-refractivity contribution in [1.29, 1.82) is 0 Å². The van der Waals surface area contributed by atoms with Crippen LogP contribution in [0, 0.1) is 0 Å². The Balaban J connectivity index is 1.72. The Morgan fingerprint density at radius 3 is 3.05 bits per heavy atom. The van der Waals surface area contributed by atoms with E-state index < -0.39 is 0 Å². The molecule has 0 unspecified atom stereocenters. The molecule has 1 aromatic heterocycles. The van der Waals surface area contributed by atoms with Crippen LogP contribution < -0.4 is 5.32 Å². The van der Waals surface area contributed by atoms with Gasteiger partial charge in [-0.05, 0) is 43.9 Å². The fourth-order valence-corrected chi connectivity index (χ4v) is 2.81. The summed E-state index contributed by atoms with van der Waals surface area (Å²) >= 11 is 0. The van der Waals surface area contributed by atoms with Crippen LogP contribution in [0.3, 0.4) is 0 Å². The van der Waals surface area contributed by atoms with Crippen LogP contribution in [-0.4, -0.2) is 21.5 Å². The average molecular weight is 255 g/mol. The second kappa shape index (κ2) is 4.08. The number of nitrogens with one attached hydrogen (secondary N) is 1. The maximum atomic E-state index is 12.0. The monoisotopic (exact) mass is 255 g/mol. The maximum Gasteiger partial charge on any atom is 0.251 e.